The summed E-state index contributed by atoms with van der Waals surface area (Å²) in [6.45, 7) is 3.68. The summed E-state index contributed by atoms with van der Waals surface area (Å²) in [7, 11) is 0. The van der Waals surface area contributed by atoms with Crippen LogP contribution in [0.1, 0.15) is 12.0 Å². The van der Waals surface area contributed by atoms with Crippen molar-refractivity contribution in [3.8, 4) is 0 Å². The van der Waals surface area contributed by atoms with E-state index in [-0.39, 0.29) is 0 Å². The molecule has 0 aliphatic heterocycles. The van der Waals surface area contributed by atoms with Crippen molar-refractivity contribution in [1.29, 1.82) is 0 Å². The molecule has 3 heteroatoms. The Balaban J connectivity index is 2.99. The first kappa shape index (κ1) is 12.0. The van der Waals surface area contributed by atoms with Crippen molar-refractivity contribution >= 4 is 47.9 Å². The van der Waals surface area contributed by atoms with Gasteiger partial charge in [0.1, 0.15) is 0 Å². The van der Waals surface area contributed by atoms with Gasteiger partial charge in [0.05, 0.1) is 0 Å². The molecule has 14 heavy (non-hydrogen) atoms. The molecule has 0 heterocycles. The maximum absolute atomic E-state index is 5.80. The zero-order valence-electron chi connectivity index (χ0n) is 7.43. The van der Waals surface area contributed by atoms with Crippen molar-refractivity contribution in [3.63, 3.8) is 0 Å². The second-order valence-electron chi connectivity index (χ2n) is 2.72. The van der Waals surface area contributed by atoms with Gasteiger partial charge in [0, 0.05) is 14.0 Å². The number of benzene rings is 1. The van der Waals surface area contributed by atoms with E-state index < -0.39 is 0 Å². The molecule has 0 N–H and O–H groups in total. The van der Waals surface area contributed by atoms with E-state index in [2.05, 4.69) is 38.4 Å². The molecule has 0 nitrogen and oxygen atoms in total. The minimum Gasteiger partial charge on any atom is -0.103 e. The van der Waals surface area contributed by atoms with Crippen LogP contribution in [0.5, 0.6) is 0 Å². The lowest BCUT2D eigenvalue weighted by atomic mass is 10.2. The fraction of sp³-hybridized carbons (Fsp3) is 0.0909. The molecule has 0 aromatic heterocycles. The van der Waals surface area contributed by atoms with E-state index in [9.17, 15) is 0 Å². The van der Waals surface area contributed by atoms with Crippen LogP contribution in [0.25, 0.3) is 4.48 Å². The molecule has 0 aliphatic carbocycles. The number of hydrogen-bond acceptors (Lipinski definition) is 0. The van der Waals surface area contributed by atoms with E-state index in [1.807, 2.05) is 30.3 Å². The van der Waals surface area contributed by atoms with E-state index in [1.54, 1.807) is 0 Å². The maximum Gasteiger partial charge on any atom is 0.0406 e. The second kappa shape index (κ2) is 5.74. The Morgan fingerprint density at radius 3 is 2.36 bits per heavy atom. The fourth-order valence-electron chi connectivity index (χ4n) is 0.969. The second-order valence-corrected chi connectivity index (χ2v) is 4.91. The average Bonchev–Trinajstić information content (AvgIpc) is 2.18. The summed E-state index contributed by atoms with van der Waals surface area (Å²) in [5, 5.41) is 0.744. The molecule has 0 bridgehead atoms. The first-order valence-corrected chi connectivity index (χ1v) is 6.02. The van der Waals surface area contributed by atoms with E-state index in [1.165, 1.54) is 0 Å². The number of hydrogen-bond donors (Lipinski definition) is 0. The maximum atomic E-state index is 5.80. The molecule has 0 fully saturated rings. The molecule has 0 atom stereocenters. The highest BCUT2D eigenvalue weighted by Gasteiger charge is 2.02. The van der Waals surface area contributed by atoms with Gasteiger partial charge in [0.25, 0.3) is 0 Å². The van der Waals surface area contributed by atoms with Crippen molar-refractivity contribution in [3.05, 3.63) is 52.0 Å². The predicted molar refractivity (Wildman–Crippen MR) is 71.0 cm³/mol. The van der Waals surface area contributed by atoms with Gasteiger partial charge in [-0.25, -0.2) is 0 Å². The van der Waals surface area contributed by atoms with Gasteiger partial charge in [0.15, 0.2) is 0 Å². The first-order valence-electron chi connectivity index (χ1n) is 4.06. The van der Waals surface area contributed by atoms with Crippen LogP contribution >= 0.6 is 43.5 Å². The third-order valence-electron chi connectivity index (χ3n) is 1.66. The molecule has 1 rings (SSSR count). The van der Waals surface area contributed by atoms with Crippen LogP contribution in [-0.4, -0.2) is 0 Å². The topological polar surface area (TPSA) is 0 Å². The van der Waals surface area contributed by atoms with E-state index in [0.29, 0.717) is 0 Å². The van der Waals surface area contributed by atoms with Crippen LogP contribution in [0.3, 0.4) is 0 Å². The summed E-state index contributed by atoms with van der Waals surface area (Å²) < 4.78 is 2.11. The lowest BCUT2D eigenvalue weighted by molar-refractivity contribution is 1.39. The zero-order valence-corrected chi connectivity index (χ0v) is 11.4. The van der Waals surface area contributed by atoms with E-state index in [4.69, 9.17) is 11.6 Å². The Labute approximate surface area is 106 Å². The number of allylic oxidation sites excluding steroid dienone is 2. The highest BCUT2D eigenvalue weighted by Crippen LogP contribution is 2.31. The summed E-state index contributed by atoms with van der Waals surface area (Å²) in [5.41, 5.74) is 1.10. The molecule has 0 radical (unpaired) electrons. The highest BCUT2D eigenvalue weighted by molar-refractivity contribution is 9.16. The van der Waals surface area contributed by atoms with Gasteiger partial charge in [-0.2, -0.15) is 0 Å². The molecule has 74 valence electrons. The highest BCUT2D eigenvalue weighted by atomic mass is 79.9. The monoisotopic (exact) mass is 334 g/mol. The van der Waals surface area contributed by atoms with E-state index in [0.717, 1.165) is 26.0 Å². The molecule has 0 spiro atoms. The number of rotatable bonds is 3. The Morgan fingerprint density at radius 2 is 1.86 bits per heavy atom. The van der Waals surface area contributed by atoms with Crippen LogP contribution in [0, 0.1) is 0 Å². The molecule has 0 saturated carbocycles. The summed E-state index contributed by atoms with van der Waals surface area (Å²) in [6.07, 6.45) is 2.66. The van der Waals surface area contributed by atoms with Gasteiger partial charge in [-0.05, 0) is 40.0 Å². The van der Waals surface area contributed by atoms with Crippen molar-refractivity contribution < 1.29 is 0 Å². The molecule has 1 aromatic rings. The van der Waals surface area contributed by atoms with Gasteiger partial charge in [-0.3, -0.25) is 0 Å². The Morgan fingerprint density at radius 1 is 1.29 bits per heavy atom. The summed E-state index contributed by atoms with van der Waals surface area (Å²) >= 11 is 12.8. The molecule has 1 aromatic carbocycles. The predicted octanol–water partition coefficient (Wildman–Crippen LogP) is 5.37. The van der Waals surface area contributed by atoms with Crippen LogP contribution in [-0.2, 0) is 0 Å². The molecular formula is C11H9Br2Cl. The fourth-order valence-corrected chi connectivity index (χ4v) is 1.98. The smallest absolute Gasteiger partial charge is 0.0406 e. The third kappa shape index (κ3) is 3.26. The van der Waals surface area contributed by atoms with Crippen LogP contribution in [0.15, 0.2) is 41.4 Å². The molecule has 0 unspecified atom stereocenters. The van der Waals surface area contributed by atoms with Crippen molar-refractivity contribution in [2.45, 2.75) is 6.42 Å². The molecular weight excluding hydrogens is 327 g/mol. The minimum atomic E-state index is 0.744. The normalized spacial score (nSPS) is 12.2. The lowest BCUT2D eigenvalue weighted by Gasteiger charge is -2.02. The summed E-state index contributed by atoms with van der Waals surface area (Å²) in [4.78, 5) is 0. The van der Waals surface area contributed by atoms with Crippen LogP contribution in [0.4, 0.5) is 0 Å². The standard InChI is InChI=1S/C11H9Br2Cl/c1-2-3-10(12)11(13)8-4-6-9(14)7-5-8/h2,4-7H,1,3H2/b11-10-. The van der Waals surface area contributed by atoms with Gasteiger partial charge in [-0.1, -0.05) is 45.7 Å². The average molecular weight is 336 g/mol. The van der Waals surface area contributed by atoms with Crippen molar-refractivity contribution in [2.75, 3.05) is 0 Å². The first-order chi connectivity index (χ1) is 6.65. The Hall–Kier alpha value is -0.0500. The molecule has 0 amide bonds. The van der Waals surface area contributed by atoms with Gasteiger partial charge in [0.2, 0.25) is 0 Å². The van der Waals surface area contributed by atoms with Crippen LogP contribution in [0.2, 0.25) is 5.02 Å². The van der Waals surface area contributed by atoms with Crippen LogP contribution < -0.4 is 0 Å². The summed E-state index contributed by atoms with van der Waals surface area (Å²) in [6, 6.07) is 7.67. The van der Waals surface area contributed by atoms with E-state index >= 15 is 0 Å². The van der Waals surface area contributed by atoms with Gasteiger partial charge in [-0.15, -0.1) is 6.58 Å². The van der Waals surface area contributed by atoms with Crippen molar-refractivity contribution in [2.24, 2.45) is 0 Å². The van der Waals surface area contributed by atoms with Crippen molar-refractivity contribution in [1.82, 2.24) is 0 Å². The summed E-state index contributed by atoms with van der Waals surface area (Å²) in [5.74, 6) is 0. The number of halogens is 3. The van der Waals surface area contributed by atoms with Gasteiger partial charge >= 0.3 is 0 Å². The quantitative estimate of drug-likeness (QED) is 0.651. The largest absolute Gasteiger partial charge is 0.103 e. The molecule has 0 saturated heterocycles. The SMILES string of the molecule is C=CC/C(Br)=C(/Br)c1ccc(Cl)cc1. The van der Waals surface area contributed by atoms with Gasteiger partial charge < -0.3 is 0 Å². The Bertz CT molecular complexity index is 352. The lowest BCUT2D eigenvalue weighted by Crippen LogP contribution is -1.79. The zero-order chi connectivity index (χ0) is 10.6. The Kier molecular flexibility index (Phi) is 4.93. The third-order valence-corrected chi connectivity index (χ3v) is 4.10. The minimum absolute atomic E-state index is 0.744. The molecule has 0 aliphatic rings.